The van der Waals surface area contributed by atoms with Gasteiger partial charge in [-0.15, -0.1) is 0 Å². The number of nitrogens with zero attached hydrogens (tertiary/aromatic N) is 3. The van der Waals surface area contributed by atoms with E-state index < -0.39 is 5.56 Å². The zero-order valence-electron chi connectivity index (χ0n) is 21.3. The molecule has 0 unspecified atom stereocenters. The van der Waals surface area contributed by atoms with Crippen molar-refractivity contribution < 1.29 is 14.3 Å². The van der Waals surface area contributed by atoms with Crippen LogP contribution in [0.5, 0.6) is 17.2 Å². The third kappa shape index (κ3) is 6.70. The third-order valence-electron chi connectivity index (χ3n) is 5.56. The molecule has 0 spiro atoms. The fourth-order valence-corrected chi connectivity index (χ4v) is 3.64. The van der Waals surface area contributed by atoms with E-state index in [-0.39, 0.29) is 17.3 Å². The van der Waals surface area contributed by atoms with Crippen molar-refractivity contribution in [1.29, 1.82) is 0 Å². The Hall–Kier alpha value is -4.34. The summed E-state index contributed by atoms with van der Waals surface area (Å²) < 4.78 is 12.5. The number of hydrogen-bond acceptors (Lipinski definition) is 7. The molecule has 0 aliphatic carbocycles. The van der Waals surface area contributed by atoms with Crippen LogP contribution in [0, 0.1) is 0 Å². The number of carbonyl (C=O) groups is 1. The van der Waals surface area contributed by atoms with Crippen molar-refractivity contribution in [3.8, 4) is 22.9 Å². The number of aromatic nitrogens is 2. The van der Waals surface area contributed by atoms with Gasteiger partial charge in [0.25, 0.3) is 11.5 Å². The Labute approximate surface area is 225 Å². The Kier molecular flexibility index (Phi) is 8.62. The molecule has 2 N–H and O–H groups in total. The first-order chi connectivity index (χ1) is 18.3. The molecule has 0 bridgehead atoms. The molecule has 3 aromatic carbocycles. The summed E-state index contributed by atoms with van der Waals surface area (Å²) >= 11 is 6.01. The Morgan fingerprint density at radius 2 is 1.63 bits per heavy atom. The van der Waals surface area contributed by atoms with Crippen molar-refractivity contribution in [3.05, 3.63) is 99.9 Å². The molecule has 1 heterocycles. The van der Waals surface area contributed by atoms with Crippen LogP contribution in [0.15, 0.2) is 83.8 Å². The zero-order valence-corrected chi connectivity index (χ0v) is 22.0. The molecule has 4 rings (SSSR count). The number of ether oxygens (including phenoxy) is 2. The molecule has 0 radical (unpaired) electrons. The lowest BCUT2D eigenvalue weighted by molar-refractivity contribution is 0.0951. The van der Waals surface area contributed by atoms with Crippen molar-refractivity contribution in [1.82, 2.24) is 20.0 Å². The maximum absolute atomic E-state index is 13.6. The fraction of sp³-hybridized carbons (Fsp3) is 0.179. The molecular weight excluding hydrogens is 506 g/mol. The zero-order chi connectivity index (χ0) is 27.1. The smallest absolute Gasteiger partial charge is 0.299 e. The molecule has 0 aliphatic heterocycles. The second kappa shape index (κ2) is 12.3. The molecule has 0 aliphatic rings. The molecule has 0 saturated heterocycles. The summed E-state index contributed by atoms with van der Waals surface area (Å²) in [5.74, 6) is 1.24. The van der Waals surface area contributed by atoms with E-state index in [0.717, 1.165) is 6.54 Å². The van der Waals surface area contributed by atoms with Gasteiger partial charge in [-0.1, -0.05) is 11.6 Å². The van der Waals surface area contributed by atoms with Gasteiger partial charge in [0.2, 0.25) is 0 Å². The van der Waals surface area contributed by atoms with Gasteiger partial charge in [-0.25, -0.2) is 0 Å². The minimum absolute atomic E-state index is 0.170. The number of nitrogens with one attached hydrogen (secondary N) is 2. The monoisotopic (exact) mass is 533 g/mol. The maximum Gasteiger partial charge on any atom is 0.299 e. The van der Waals surface area contributed by atoms with Crippen molar-refractivity contribution in [2.45, 2.75) is 0 Å². The van der Waals surface area contributed by atoms with Crippen LogP contribution < -0.4 is 25.7 Å². The number of carbonyl (C=O) groups excluding carboxylic acids is 1. The molecule has 9 nitrogen and oxygen atoms in total. The van der Waals surface area contributed by atoms with Gasteiger partial charge in [-0.2, -0.15) is 9.78 Å². The van der Waals surface area contributed by atoms with Gasteiger partial charge in [0.15, 0.2) is 11.4 Å². The minimum atomic E-state index is -0.427. The quantitative estimate of drug-likeness (QED) is 0.304. The van der Waals surface area contributed by atoms with E-state index >= 15 is 0 Å². The molecular formula is C28H28ClN5O4. The third-order valence-corrected chi connectivity index (χ3v) is 5.81. The number of likely N-dealkylation sites (N-methyl/N-ethyl adjacent to an activating group) is 1. The Bertz CT molecular complexity index is 1440. The molecule has 196 valence electrons. The number of hydrogen-bond donors (Lipinski definition) is 2. The van der Waals surface area contributed by atoms with Crippen molar-refractivity contribution in [3.63, 3.8) is 0 Å². The summed E-state index contributed by atoms with van der Waals surface area (Å²) in [7, 11) is 5.47. The molecule has 0 atom stereocenters. The average Bonchev–Trinajstić information content (AvgIpc) is 2.92. The van der Waals surface area contributed by atoms with E-state index in [1.807, 2.05) is 19.0 Å². The van der Waals surface area contributed by atoms with Crippen LogP contribution >= 0.6 is 11.6 Å². The lowest BCUT2D eigenvalue weighted by Gasteiger charge is -2.15. The first-order valence-electron chi connectivity index (χ1n) is 11.8. The van der Waals surface area contributed by atoms with E-state index in [0.29, 0.717) is 40.0 Å². The number of benzene rings is 3. The number of halogens is 1. The highest BCUT2D eigenvalue weighted by Gasteiger charge is 2.16. The lowest BCUT2D eigenvalue weighted by Crippen LogP contribution is -2.31. The highest BCUT2D eigenvalue weighted by atomic mass is 35.5. The Balaban J connectivity index is 1.63. The van der Waals surface area contributed by atoms with Gasteiger partial charge < -0.3 is 25.0 Å². The van der Waals surface area contributed by atoms with Gasteiger partial charge >= 0.3 is 0 Å². The number of rotatable bonds is 10. The van der Waals surface area contributed by atoms with Crippen molar-refractivity contribution in [2.75, 3.05) is 39.6 Å². The Morgan fingerprint density at radius 1 is 0.974 bits per heavy atom. The first-order valence-corrected chi connectivity index (χ1v) is 12.2. The second-order valence-corrected chi connectivity index (χ2v) is 9.05. The number of amides is 1. The summed E-state index contributed by atoms with van der Waals surface area (Å²) in [5.41, 5.74) is 1.40. The summed E-state index contributed by atoms with van der Waals surface area (Å²) in [6.07, 6.45) is 1.47. The molecule has 0 fully saturated rings. The number of anilines is 2. The predicted octanol–water partition coefficient (Wildman–Crippen LogP) is 4.72. The molecule has 10 heteroatoms. The van der Waals surface area contributed by atoms with Gasteiger partial charge in [0, 0.05) is 29.4 Å². The van der Waals surface area contributed by atoms with Gasteiger partial charge in [0.05, 0.1) is 19.0 Å². The SMILES string of the molecule is COc1ccc(Oc2cnn(-c3ccc(Cl)cc3)c(=O)c2Nc2ccc(C(=O)NCCN(C)C)cc2)cc1. The van der Waals surface area contributed by atoms with E-state index in [1.54, 1.807) is 79.9 Å². The maximum atomic E-state index is 13.6. The largest absolute Gasteiger partial charge is 0.497 e. The molecule has 1 amide bonds. The van der Waals surface area contributed by atoms with Gasteiger partial charge in [0.1, 0.15) is 11.5 Å². The van der Waals surface area contributed by atoms with E-state index in [2.05, 4.69) is 15.7 Å². The molecule has 38 heavy (non-hydrogen) atoms. The van der Waals surface area contributed by atoms with Crippen LogP contribution in [-0.2, 0) is 0 Å². The van der Waals surface area contributed by atoms with Crippen molar-refractivity contribution >= 4 is 28.9 Å². The van der Waals surface area contributed by atoms with Gasteiger partial charge in [-0.05, 0) is 86.9 Å². The van der Waals surface area contributed by atoms with E-state index in [9.17, 15) is 9.59 Å². The minimum Gasteiger partial charge on any atom is -0.497 e. The van der Waals surface area contributed by atoms with Crippen LogP contribution in [0.3, 0.4) is 0 Å². The normalized spacial score (nSPS) is 10.8. The number of methoxy groups -OCH3 is 1. The van der Waals surface area contributed by atoms with Crippen LogP contribution in [-0.4, -0.2) is 54.9 Å². The standard InChI is InChI=1S/C28H28ClN5O4/c1-33(2)17-16-30-27(35)19-4-8-21(9-5-19)32-26-25(38-24-14-12-23(37-3)13-15-24)18-31-34(28(26)36)22-10-6-20(29)7-11-22/h4-15,18,32H,16-17H2,1-3H3,(H,30,35). The summed E-state index contributed by atoms with van der Waals surface area (Å²) in [4.78, 5) is 28.0. The fourth-order valence-electron chi connectivity index (χ4n) is 3.51. The van der Waals surface area contributed by atoms with Crippen LogP contribution in [0.4, 0.5) is 11.4 Å². The molecule has 1 aromatic heterocycles. The predicted molar refractivity (Wildman–Crippen MR) is 149 cm³/mol. The van der Waals surface area contributed by atoms with Gasteiger partial charge in [-0.3, -0.25) is 9.59 Å². The Morgan fingerprint density at radius 3 is 2.26 bits per heavy atom. The first kappa shape index (κ1) is 26.7. The summed E-state index contributed by atoms with van der Waals surface area (Å²) in [6.45, 7) is 1.28. The molecule has 0 saturated carbocycles. The summed E-state index contributed by atoms with van der Waals surface area (Å²) in [6, 6.07) is 20.6. The van der Waals surface area contributed by atoms with Crippen molar-refractivity contribution in [2.24, 2.45) is 0 Å². The highest BCUT2D eigenvalue weighted by Crippen LogP contribution is 2.30. The van der Waals surface area contributed by atoms with Crippen LogP contribution in [0.25, 0.3) is 5.69 Å². The average molecular weight is 534 g/mol. The molecule has 4 aromatic rings. The van der Waals surface area contributed by atoms with E-state index in [1.165, 1.54) is 10.9 Å². The highest BCUT2D eigenvalue weighted by molar-refractivity contribution is 6.30. The summed E-state index contributed by atoms with van der Waals surface area (Å²) in [5, 5.41) is 10.9. The topological polar surface area (TPSA) is 97.7 Å². The van der Waals surface area contributed by atoms with Crippen LogP contribution in [0.2, 0.25) is 5.02 Å². The lowest BCUT2D eigenvalue weighted by atomic mass is 10.2. The van der Waals surface area contributed by atoms with Crippen LogP contribution in [0.1, 0.15) is 10.4 Å². The second-order valence-electron chi connectivity index (χ2n) is 8.62. The van der Waals surface area contributed by atoms with E-state index in [4.69, 9.17) is 21.1 Å².